The van der Waals surface area contributed by atoms with Crippen LogP contribution >= 0.6 is 0 Å². The van der Waals surface area contributed by atoms with Gasteiger partial charge in [-0.05, 0) is 29.8 Å². The van der Waals surface area contributed by atoms with Gasteiger partial charge in [0.2, 0.25) is 5.95 Å². The molecule has 2 aromatic carbocycles. The Kier molecular flexibility index (Phi) is 3.76. The van der Waals surface area contributed by atoms with Crippen molar-refractivity contribution in [2.75, 3.05) is 12.5 Å². The van der Waals surface area contributed by atoms with Crippen molar-refractivity contribution in [3.8, 4) is 5.75 Å². The zero-order valence-corrected chi connectivity index (χ0v) is 12.1. The Balaban J connectivity index is 2.13. The Morgan fingerprint density at radius 1 is 1.23 bits per heavy atom. The van der Waals surface area contributed by atoms with E-state index in [4.69, 9.17) is 10.6 Å². The highest BCUT2D eigenvalue weighted by molar-refractivity contribution is 5.78. The number of nitrogens with two attached hydrogens (primary N) is 1. The second kappa shape index (κ2) is 5.87. The van der Waals surface area contributed by atoms with E-state index < -0.39 is 0 Å². The van der Waals surface area contributed by atoms with Crippen molar-refractivity contribution in [2.45, 2.75) is 6.54 Å². The highest BCUT2D eigenvalue weighted by Crippen LogP contribution is 2.16. The molecule has 0 radical (unpaired) electrons. The molecule has 1 heterocycles. The zero-order chi connectivity index (χ0) is 15.5. The largest absolute Gasteiger partial charge is 0.497 e. The number of hydrazine groups is 1. The molecule has 0 atom stereocenters. The summed E-state index contributed by atoms with van der Waals surface area (Å²) < 4.78 is 6.72. The van der Waals surface area contributed by atoms with Crippen molar-refractivity contribution in [1.82, 2.24) is 9.55 Å². The SMILES string of the molecule is COc1cccc(Cn2c(NN)nc3ccccc3c2=O)c1. The second-order valence-electron chi connectivity index (χ2n) is 4.84. The van der Waals surface area contributed by atoms with E-state index in [1.807, 2.05) is 36.4 Å². The van der Waals surface area contributed by atoms with Gasteiger partial charge in [-0.25, -0.2) is 10.8 Å². The summed E-state index contributed by atoms with van der Waals surface area (Å²) in [5.74, 6) is 6.59. The molecular formula is C16H16N4O2. The van der Waals surface area contributed by atoms with Crippen LogP contribution in [0.2, 0.25) is 0 Å². The van der Waals surface area contributed by atoms with E-state index in [2.05, 4.69) is 10.4 Å². The van der Waals surface area contributed by atoms with Gasteiger partial charge >= 0.3 is 0 Å². The molecule has 0 fully saturated rings. The van der Waals surface area contributed by atoms with Crippen molar-refractivity contribution in [3.63, 3.8) is 0 Å². The van der Waals surface area contributed by atoms with E-state index >= 15 is 0 Å². The summed E-state index contributed by atoms with van der Waals surface area (Å²) in [5, 5.41) is 0.560. The first-order valence-electron chi connectivity index (χ1n) is 6.82. The predicted molar refractivity (Wildman–Crippen MR) is 85.9 cm³/mol. The zero-order valence-electron chi connectivity index (χ0n) is 12.1. The molecule has 3 aromatic rings. The van der Waals surface area contributed by atoms with Crippen LogP contribution in [0.15, 0.2) is 53.3 Å². The van der Waals surface area contributed by atoms with Gasteiger partial charge in [0.25, 0.3) is 5.56 Å². The Bertz CT molecular complexity index is 873. The first-order chi connectivity index (χ1) is 10.7. The van der Waals surface area contributed by atoms with Gasteiger partial charge in [-0.3, -0.25) is 14.8 Å². The van der Waals surface area contributed by atoms with Crippen LogP contribution in [0.3, 0.4) is 0 Å². The van der Waals surface area contributed by atoms with Crippen molar-refractivity contribution in [1.29, 1.82) is 0 Å². The summed E-state index contributed by atoms with van der Waals surface area (Å²) in [6, 6.07) is 14.7. The lowest BCUT2D eigenvalue weighted by atomic mass is 10.2. The number of benzene rings is 2. The molecule has 112 valence electrons. The van der Waals surface area contributed by atoms with Gasteiger partial charge in [0.05, 0.1) is 24.6 Å². The van der Waals surface area contributed by atoms with Crippen molar-refractivity contribution >= 4 is 16.9 Å². The minimum Gasteiger partial charge on any atom is -0.497 e. The van der Waals surface area contributed by atoms with Crippen LogP contribution in [-0.2, 0) is 6.54 Å². The molecule has 3 N–H and O–H groups in total. The van der Waals surface area contributed by atoms with Gasteiger partial charge in [0.1, 0.15) is 5.75 Å². The van der Waals surface area contributed by atoms with Crippen LogP contribution in [-0.4, -0.2) is 16.7 Å². The molecular weight excluding hydrogens is 280 g/mol. The molecule has 0 aliphatic heterocycles. The lowest BCUT2D eigenvalue weighted by Crippen LogP contribution is -2.27. The van der Waals surface area contributed by atoms with Crippen LogP contribution in [0.25, 0.3) is 10.9 Å². The normalized spacial score (nSPS) is 10.6. The number of methoxy groups -OCH3 is 1. The highest BCUT2D eigenvalue weighted by atomic mass is 16.5. The van der Waals surface area contributed by atoms with E-state index in [-0.39, 0.29) is 5.56 Å². The van der Waals surface area contributed by atoms with E-state index in [0.29, 0.717) is 23.4 Å². The Morgan fingerprint density at radius 3 is 2.82 bits per heavy atom. The summed E-state index contributed by atoms with van der Waals surface area (Å²) in [6.07, 6.45) is 0. The van der Waals surface area contributed by atoms with Gasteiger partial charge in [0, 0.05) is 0 Å². The van der Waals surface area contributed by atoms with Crippen molar-refractivity contribution in [3.05, 3.63) is 64.4 Å². The summed E-state index contributed by atoms with van der Waals surface area (Å²) >= 11 is 0. The average molecular weight is 296 g/mol. The number of nitrogens with one attached hydrogen (secondary N) is 1. The minimum atomic E-state index is -0.138. The number of aromatic nitrogens is 2. The van der Waals surface area contributed by atoms with E-state index in [1.54, 1.807) is 19.2 Å². The Hall–Kier alpha value is -2.86. The van der Waals surface area contributed by atoms with Crippen LogP contribution in [0.4, 0.5) is 5.95 Å². The lowest BCUT2D eigenvalue weighted by molar-refractivity contribution is 0.414. The molecule has 0 unspecified atom stereocenters. The Labute approximate surface area is 127 Å². The monoisotopic (exact) mass is 296 g/mol. The standard InChI is InChI=1S/C16H16N4O2/c1-22-12-6-4-5-11(9-12)10-20-15(21)13-7-2-3-8-14(13)18-16(20)19-17/h2-9H,10,17H2,1H3,(H,18,19). The topological polar surface area (TPSA) is 82.2 Å². The fraction of sp³-hybridized carbons (Fsp3) is 0.125. The Morgan fingerprint density at radius 2 is 2.05 bits per heavy atom. The summed E-state index contributed by atoms with van der Waals surface area (Å²) in [7, 11) is 1.61. The van der Waals surface area contributed by atoms with Gasteiger partial charge < -0.3 is 4.74 Å². The van der Waals surface area contributed by atoms with Crippen molar-refractivity contribution < 1.29 is 4.74 Å². The van der Waals surface area contributed by atoms with Gasteiger partial charge in [-0.1, -0.05) is 24.3 Å². The average Bonchev–Trinajstić information content (AvgIpc) is 2.57. The maximum atomic E-state index is 12.7. The number of para-hydroxylation sites is 1. The third-order valence-corrected chi connectivity index (χ3v) is 3.47. The number of anilines is 1. The molecule has 0 bridgehead atoms. The molecule has 22 heavy (non-hydrogen) atoms. The number of hydrogen-bond donors (Lipinski definition) is 2. The van der Waals surface area contributed by atoms with Gasteiger partial charge in [-0.2, -0.15) is 0 Å². The highest BCUT2D eigenvalue weighted by Gasteiger charge is 2.10. The first-order valence-corrected chi connectivity index (χ1v) is 6.82. The quantitative estimate of drug-likeness (QED) is 0.566. The summed E-state index contributed by atoms with van der Waals surface area (Å²) in [4.78, 5) is 17.1. The molecule has 3 rings (SSSR count). The first kappa shape index (κ1) is 14.1. The third-order valence-electron chi connectivity index (χ3n) is 3.47. The molecule has 0 amide bonds. The van der Waals surface area contributed by atoms with Gasteiger partial charge in [0.15, 0.2) is 0 Å². The fourth-order valence-corrected chi connectivity index (χ4v) is 2.38. The number of nitrogen functional groups attached to an aromatic ring is 1. The summed E-state index contributed by atoms with van der Waals surface area (Å²) in [5.41, 5.74) is 3.90. The molecule has 0 saturated heterocycles. The maximum absolute atomic E-state index is 12.7. The van der Waals surface area contributed by atoms with Crippen LogP contribution in [0, 0.1) is 0 Å². The van der Waals surface area contributed by atoms with Crippen LogP contribution in [0.5, 0.6) is 5.75 Å². The van der Waals surface area contributed by atoms with E-state index in [1.165, 1.54) is 4.57 Å². The van der Waals surface area contributed by atoms with Crippen LogP contribution < -0.4 is 21.6 Å². The fourth-order valence-electron chi connectivity index (χ4n) is 2.38. The predicted octanol–water partition coefficient (Wildman–Crippen LogP) is 1.74. The molecule has 6 nitrogen and oxygen atoms in total. The third kappa shape index (κ3) is 2.51. The number of rotatable bonds is 4. The number of ether oxygens (including phenoxy) is 1. The number of fused-ring (bicyclic) bond motifs is 1. The molecule has 0 aliphatic rings. The molecule has 6 heteroatoms. The van der Waals surface area contributed by atoms with Crippen molar-refractivity contribution in [2.24, 2.45) is 5.84 Å². The van der Waals surface area contributed by atoms with E-state index in [9.17, 15) is 4.79 Å². The molecule has 0 spiro atoms. The summed E-state index contributed by atoms with van der Waals surface area (Å²) in [6.45, 7) is 0.355. The minimum absolute atomic E-state index is 0.138. The van der Waals surface area contributed by atoms with E-state index in [0.717, 1.165) is 11.3 Å². The lowest BCUT2D eigenvalue weighted by Gasteiger charge is -2.13. The number of nitrogens with zero attached hydrogens (tertiary/aromatic N) is 2. The maximum Gasteiger partial charge on any atom is 0.263 e. The smallest absolute Gasteiger partial charge is 0.263 e. The van der Waals surface area contributed by atoms with Crippen LogP contribution in [0.1, 0.15) is 5.56 Å². The van der Waals surface area contributed by atoms with Gasteiger partial charge in [-0.15, -0.1) is 0 Å². The molecule has 0 saturated carbocycles. The molecule has 0 aliphatic carbocycles. The second-order valence-corrected chi connectivity index (χ2v) is 4.84. The number of hydrogen-bond acceptors (Lipinski definition) is 5. The molecule has 1 aromatic heterocycles.